The van der Waals surface area contributed by atoms with Crippen LogP contribution in [0.3, 0.4) is 0 Å². The van der Waals surface area contributed by atoms with Crippen molar-refractivity contribution in [1.29, 1.82) is 0 Å². The molecule has 1 aliphatic heterocycles. The molecule has 3 aromatic rings. The summed E-state index contributed by atoms with van der Waals surface area (Å²) in [4.78, 5) is 22.7. The number of aromatic nitrogens is 4. The minimum atomic E-state index is 0.238. The lowest BCUT2D eigenvalue weighted by atomic mass is 10.1. The first kappa shape index (κ1) is 23.3. The predicted molar refractivity (Wildman–Crippen MR) is 135 cm³/mol. The van der Waals surface area contributed by atoms with Crippen LogP contribution in [0.1, 0.15) is 37.7 Å². The van der Waals surface area contributed by atoms with Gasteiger partial charge in [-0.1, -0.05) is 13.8 Å². The average molecular weight is 459 g/mol. The van der Waals surface area contributed by atoms with Crippen LogP contribution in [0.5, 0.6) is 0 Å². The number of carbonyl (C=O) groups excluding carboxylic acids is 1. The van der Waals surface area contributed by atoms with Crippen LogP contribution in [0, 0.1) is 19.8 Å². The number of benzene rings is 1. The van der Waals surface area contributed by atoms with E-state index in [4.69, 9.17) is 4.99 Å². The number of carbonyl (C=O) groups is 1. The summed E-state index contributed by atoms with van der Waals surface area (Å²) < 4.78 is 1.65. The van der Waals surface area contributed by atoms with E-state index >= 15 is 0 Å². The Morgan fingerprint density at radius 1 is 1.15 bits per heavy atom. The van der Waals surface area contributed by atoms with Crippen LogP contribution >= 0.6 is 0 Å². The molecule has 0 atom stereocenters. The topological polar surface area (TPSA) is 101 Å². The summed E-state index contributed by atoms with van der Waals surface area (Å²) in [6.45, 7) is 12.8. The molecule has 1 amide bonds. The molecule has 9 nitrogen and oxygen atoms in total. The highest BCUT2D eigenvalue weighted by molar-refractivity contribution is 6.50. The molecule has 176 valence electrons. The maximum atomic E-state index is 11.0. The van der Waals surface area contributed by atoms with E-state index in [0.717, 1.165) is 29.9 Å². The van der Waals surface area contributed by atoms with Crippen molar-refractivity contribution in [2.45, 2.75) is 34.6 Å². The number of hydrogen-bond donors (Lipinski definition) is 1. The summed E-state index contributed by atoms with van der Waals surface area (Å²) in [5.41, 5.74) is 6.00. The van der Waals surface area contributed by atoms with E-state index in [0.29, 0.717) is 41.1 Å². The molecule has 0 radical (unpaired) electrons. The van der Waals surface area contributed by atoms with Crippen molar-refractivity contribution in [3.05, 3.63) is 53.5 Å². The molecule has 3 heterocycles. The molecule has 0 spiro atoms. The standard InChI is InChI=1S/C25H30N8O/c1-6-32(14-16(2)3)19-7-8-20(18(5)12-19)28-23-22(13-26-15-34)31-33-24(29-30-25(23)33)21-11-17(4)9-10-27-21/h7-12,15-16H,6,13-14H2,1-5H3,(H,26,34)/b28-23-. The summed E-state index contributed by atoms with van der Waals surface area (Å²) in [6, 6.07) is 10.1. The van der Waals surface area contributed by atoms with Crippen molar-refractivity contribution in [2.75, 3.05) is 24.5 Å². The van der Waals surface area contributed by atoms with Gasteiger partial charge in [0.15, 0.2) is 0 Å². The number of aryl methyl sites for hydroxylation is 2. The molecule has 0 saturated heterocycles. The van der Waals surface area contributed by atoms with Gasteiger partial charge < -0.3 is 10.2 Å². The van der Waals surface area contributed by atoms with Crippen molar-refractivity contribution in [2.24, 2.45) is 16.0 Å². The molecule has 1 N–H and O–H groups in total. The van der Waals surface area contributed by atoms with E-state index in [1.54, 1.807) is 10.9 Å². The summed E-state index contributed by atoms with van der Waals surface area (Å²) in [6.07, 6.45) is 2.38. The number of nitrogens with zero attached hydrogens (tertiary/aromatic N) is 7. The van der Waals surface area contributed by atoms with Gasteiger partial charge in [-0.25, -0.2) is 4.99 Å². The van der Waals surface area contributed by atoms with Crippen LogP contribution in [-0.4, -0.2) is 57.3 Å². The van der Waals surface area contributed by atoms with Crippen molar-refractivity contribution in [3.8, 4) is 11.5 Å². The highest BCUT2D eigenvalue weighted by Crippen LogP contribution is 2.28. The summed E-state index contributed by atoms with van der Waals surface area (Å²) >= 11 is 0. The molecule has 1 aliphatic rings. The zero-order chi connectivity index (χ0) is 24.2. The lowest BCUT2D eigenvalue weighted by Gasteiger charge is -2.25. The Labute approximate surface area is 199 Å². The van der Waals surface area contributed by atoms with E-state index in [-0.39, 0.29) is 6.54 Å². The van der Waals surface area contributed by atoms with Gasteiger partial charge in [0.1, 0.15) is 17.1 Å². The van der Waals surface area contributed by atoms with Gasteiger partial charge >= 0.3 is 0 Å². The zero-order valence-electron chi connectivity index (χ0n) is 20.3. The smallest absolute Gasteiger partial charge is 0.207 e. The lowest BCUT2D eigenvalue weighted by Crippen LogP contribution is -2.27. The van der Waals surface area contributed by atoms with Crippen LogP contribution in [0.4, 0.5) is 11.4 Å². The number of anilines is 1. The highest BCUT2D eigenvalue weighted by atomic mass is 16.1. The molecule has 2 aromatic heterocycles. The molecule has 1 aromatic carbocycles. The number of aliphatic imine (C=N–C) groups is 1. The summed E-state index contributed by atoms with van der Waals surface area (Å²) in [5.74, 6) is 1.64. The van der Waals surface area contributed by atoms with E-state index < -0.39 is 0 Å². The lowest BCUT2D eigenvalue weighted by molar-refractivity contribution is -0.109. The first-order valence-corrected chi connectivity index (χ1v) is 11.5. The maximum absolute atomic E-state index is 11.0. The number of pyridine rings is 1. The number of fused-ring (bicyclic) bond motifs is 1. The third-order valence-electron chi connectivity index (χ3n) is 5.59. The van der Waals surface area contributed by atoms with Crippen LogP contribution in [0.25, 0.3) is 11.5 Å². The van der Waals surface area contributed by atoms with Gasteiger partial charge in [0.2, 0.25) is 18.1 Å². The molecule has 34 heavy (non-hydrogen) atoms. The molecular formula is C25H30N8O. The average Bonchev–Trinajstić information content (AvgIpc) is 3.37. The Morgan fingerprint density at radius 2 is 1.94 bits per heavy atom. The Kier molecular flexibility index (Phi) is 6.81. The molecule has 0 aliphatic carbocycles. The fraction of sp³-hybridized carbons (Fsp3) is 0.360. The van der Waals surface area contributed by atoms with Crippen molar-refractivity contribution in [3.63, 3.8) is 0 Å². The number of rotatable bonds is 9. The van der Waals surface area contributed by atoms with Crippen LogP contribution in [0.15, 0.2) is 46.6 Å². The first-order valence-electron chi connectivity index (χ1n) is 11.5. The zero-order valence-corrected chi connectivity index (χ0v) is 20.3. The fourth-order valence-corrected chi connectivity index (χ4v) is 3.95. The Balaban J connectivity index is 1.73. The molecule has 4 rings (SSSR count). The number of hydrogen-bond acceptors (Lipinski definition) is 7. The van der Waals surface area contributed by atoms with E-state index in [1.807, 2.05) is 32.0 Å². The quantitative estimate of drug-likeness (QED) is 0.495. The van der Waals surface area contributed by atoms with Gasteiger partial charge in [0.05, 0.1) is 12.2 Å². The summed E-state index contributed by atoms with van der Waals surface area (Å²) in [5, 5.41) is 16.0. The predicted octanol–water partition coefficient (Wildman–Crippen LogP) is 3.52. The SMILES string of the molecule is CCN(CC(C)C)c1ccc(/N=C2/C(CNC=O)=Nn3c2nnc3-c2cc(C)ccn2)c(C)c1. The molecule has 0 saturated carbocycles. The maximum Gasteiger partial charge on any atom is 0.207 e. The third kappa shape index (κ3) is 4.73. The molecule has 0 bridgehead atoms. The largest absolute Gasteiger partial charge is 0.372 e. The summed E-state index contributed by atoms with van der Waals surface area (Å²) in [7, 11) is 0. The monoisotopic (exact) mass is 458 g/mol. The van der Waals surface area contributed by atoms with Crippen LogP contribution in [0.2, 0.25) is 0 Å². The molecule has 0 fully saturated rings. The van der Waals surface area contributed by atoms with Gasteiger partial charge in [0.25, 0.3) is 0 Å². The van der Waals surface area contributed by atoms with Gasteiger partial charge in [-0.2, -0.15) is 9.78 Å². The second kappa shape index (κ2) is 9.94. The number of amides is 1. The van der Waals surface area contributed by atoms with Gasteiger partial charge in [-0.05, 0) is 68.1 Å². The second-order valence-electron chi connectivity index (χ2n) is 8.79. The van der Waals surface area contributed by atoms with Crippen molar-refractivity contribution >= 4 is 29.2 Å². The normalized spacial score (nSPS) is 13.8. The van der Waals surface area contributed by atoms with Gasteiger partial charge in [-0.15, -0.1) is 10.2 Å². The Morgan fingerprint density at radius 3 is 2.62 bits per heavy atom. The molecular weight excluding hydrogens is 428 g/mol. The first-order chi connectivity index (χ1) is 16.4. The third-order valence-corrected chi connectivity index (χ3v) is 5.59. The number of nitrogens with one attached hydrogen (secondary N) is 1. The Bertz CT molecular complexity index is 1260. The van der Waals surface area contributed by atoms with Crippen molar-refractivity contribution in [1.82, 2.24) is 25.2 Å². The van der Waals surface area contributed by atoms with Gasteiger partial charge in [0, 0.05) is 25.0 Å². The van der Waals surface area contributed by atoms with E-state index in [1.165, 1.54) is 5.69 Å². The van der Waals surface area contributed by atoms with Crippen LogP contribution in [-0.2, 0) is 4.79 Å². The highest BCUT2D eigenvalue weighted by Gasteiger charge is 2.29. The Hall–Kier alpha value is -3.88. The second-order valence-corrected chi connectivity index (χ2v) is 8.79. The molecule has 9 heteroatoms. The van der Waals surface area contributed by atoms with E-state index in [9.17, 15) is 4.79 Å². The van der Waals surface area contributed by atoms with Crippen molar-refractivity contribution < 1.29 is 4.79 Å². The minimum absolute atomic E-state index is 0.238. The minimum Gasteiger partial charge on any atom is -0.372 e. The van der Waals surface area contributed by atoms with E-state index in [2.05, 4.69) is 63.4 Å². The fourth-order valence-electron chi connectivity index (χ4n) is 3.95. The van der Waals surface area contributed by atoms with Gasteiger partial charge in [-0.3, -0.25) is 9.78 Å². The molecule has 0 unspecified atom stereocenters. The van der Waals surface area contributed by atoms with Crippen LogP contribution < -0.4 is 10.2 Å².